The van der Waals surface area contributed by atoms with Crippen LogP contribution in [-0.2, 0) is 14.4 Å². The molecule has 1 aliphatic carbocycles. The standard InChI is InChI=1S/C31H27ClFN3O7.Mg.2H/c1-41-26-16-21-23(17-27(26)42-13-3-6-28(37)38)34-12-9-24(21)43-25-8-7-20(15-22(25)33)36-30(40)31(10-11-31)29(39)35-19-5-2-4-18(32)14-19;;;/h2,4-5,7-9,12,14-17H,3,6,10-11,13H2,1H3,(H,35,39)(H,36,40)(H,37,38);;;. The first-order chi connectivity index (χ1) is 20.7. The third-order valence-corrected chi connectivity index (χ3v) is 7.13. The number of nitrogens with zero attached hydrogens (tertiary/aromatic N) is 1. The fourth-order valence-electron chi connectivity index (χ4n) is 4.43. The van der Waals surface area contributed by atoms with Crippen molar-refractivity contribution >= 4 is 74.7 Å². The van der Waals surface area contributed by atoms with Crippen LogP contribution in [0.4, 0.5) is 15.8 Å². The average Bonchev–Trinajstić information content (AvgIpc) is 3.79. The Balaban J connectivity index is 0.00000442. The largest absolute Gasteiger partial charge is 0.493 e. The zero-order chi connectivity index (χ0) is 30.6. The molecule has 0 atom stereocenters. The molecular formula is C31H29ClFMgN3O7. The van der Waals surface area contributed by atoms with Gasteiger partial charge in [0.15, 0.2) is 23.1 Å². The molecule has 4 aromatic rings. The number of fused-ring (bicyclic) bond motifs is 1. The van der Waals surface area contributed by atoms with Gasteiger partial charge in [0.1, 0.15) is 11.2 Å². The van der Waals surface area contributed by atoms with E-state index in [9.17, 15) is 14.4 Å². The van der Waals surface area contributed by atoms with Gasteiger partial charge in [-0.3, -0.25) is 19.4 Å². The Labute approximate surface area is 273 Å². The van der Waals surface area contributed by atoms with Gasteiger partial charge in [-0.1, -0.05) is 17.7 Å². The van der Waals surface area contributed by atoms with Crippen molar-refractivity contribution in [1.29, 1.82) is 0 Å². The van der Waals surface area contributed by atoms with Crippen molar-refractivity contribution in [3.8, 4) is 23.0 Å². The van der Waals surface area contributed by atoms with E-state index in [0.717, 1.165) is 6.07 Å². The van der Waals surface area contributed by atoms with Crippen molar-refractivity contribution in [1.82, 2.24) is 4.98 Å². The first-order valence-electron chi connectivity index (χ1n) is 13.4. The van der Waals surface area contributed by atoms with Crippen LogP contribution in [0.2, 0.25) is 5.02 Å². The summed E-state index contributed by atoms with van der Waals surface area (Å²) >= 11 is 5.98. The number of anilines is 2. The van der Waals surface area contributed by atoms with Crippen molar-refractivity contribution in [2.24, 2.45) is 5.41 Å². The second kappa shape index (κ2) is 14.1. The molecule has 2 amide bonds. The van der Waals surface area contributed by atoms with Crippen LogP contribution in [0.3, 0.4) is 0 Å². The minimum Gasteiger partial charge on any atom is -0.493 e. The van der Waals surface area contributed by atoms with Gasteiger partial charge in [-0.05, 0) is 61.7 Å². The number of hydrogen-bond donors (Lipinski definition) is 3. The number of aliphatic carboxylic acids is 1. The molecule has 0 bridgehead atoms. The lowest BCUT2D eigenvalue weighted by Crippen LogP contribution is -2.35. The van der Waals surface area contributed by atoms with Crippen molar-refractivity contribution in [3.05, 3.63) is 77.7 Å². The lowest BCUT2D eigenvalue weighted by atomic mass is 10.0. The summed E-state index contributed by atoms with van der Waals surface area (Å²) in [6.07, 6.45) is 2.51. The number of carboxylic acids is 1. The molecule has 44 heavy (non-hydrogen) atoms. The van der Waals surface area contributed by atoms with E-state index in [0.29, 0.717) is 58.1 Å². The third kappa shape index (κ3) is 7.49. The number of ether oxygens (including phenoxy) is 3. The topological polar surface area (TPSA) is 136 Å². The molecule has 1 aliphatic rings. The normalized spacial score (nSPS) is 12.9. The number of carbonyl (C=O) groups excluding carboxylic acids is 2. The molecule has 1 aromatic heterocycles. The van der Waals surface area contributed by atoms with Crippen LogP contribution in [0.1, 0.15) is 25.7 Å². The summed E-state index contributed by atoms with van der Waals surface area (Å²) in [4.78, 5) is 41.0. The molecule has 3 N–H and O–H groups in total. The van der Waals surface area contributed by atoms with E-state index in [-0.39, 0.29) is 47.5 Å². The van der Waals surface area contributed by atoms with Crippen molar-refractivity contribution in [3.63, 3.8) is 0 Å². The lowest BCUT2D eigenvalue weighted by molar-refractivity contribution is -0.137. The molecule has 226 valence electrons. The van der Waals surface area contributed by atoms with Gasteiger partial charge in [0.05, 0.1) is 19.2 Å². The highest BCUT2D eigenvalue weighted by atomic mass is 35.5. The number of hydrogen-bond acceptors (Lipinski definition) is 7. The Kier molecular flexibility index (Phi) is 10.5. The highest BCUT2D eigenvalue weighted by Gasteiger charge is 2.56. The molecule has 3 aromatic carbocycles. The second-order valence-electron chi connectivity index (χ2n) is 9.92. The van der Waals surface area contributed by atoms with E-state index in [4.69, 9.17) is 30.9 Å². The van der Waals surface area contributed by atoms with E-state index < -0.39 is 29.0 Å². The summed E-state index contributed by atoms with van der Waals surface area (Å²) in [5.41, 5.74) is -0.115. The van der Waals surface area contributed by atoms with Crippen molar-refractivity contribution in [2.75, 3.05) is 24.4 Å². The van der Waals surface area contributed by atoms with E-state index in [2.05, 4.69) is 15.6 Å². The predicted octanol–water partition coefficient (Wildman–Crippen LogP) is 5.51. The number of rotatable bonds is 12. The summed E-state index contributed by atoms with van der Waals surface area (Å²) in [5.74, 6) is -1.69. The van der Waals surface area contributed by atoms with Gasteiger partial charge < -0.3 is 30.0 Å². The molecule has 1 heterocycles. The zero-order valence-electron chi connectivity index (χ0n) is 23.0. The first kappa shape index (κ1) is 32.8. The Hall–Kier alpha value is -4.13. The van der Waals surface area contributed by atoms with E-state index >= 15 is 4.39 Å². The number of pyridine rings is 1. The molecule has 1 fully saturated rings. The van der Waals surface area contributed by atoms with E-state index in [1.165, 1.54) is 25.4 Å². The first-order valence-corrected chi connectivity index (χ1v) is 13.7. The maximum absolute atomic E-state index is 15.2. The molecule has 0 spiro atoms. The molecule has 0 radical (unpaired) electrons. The fraction of sp³-hybridized carbons (Fsp3) is 0.226. The number of carboxylic acid groups (broad SMARTS) is 1. The smallest absolute Gasteiger partial charge is 0.316 e. The summed E-state index contributed by atoms with van der Waals surface area (Å²) in [5, 5.41) is 15.2. The minimum absolute atomic E-state index is 0. The highest BCUT2D eigenvalue weighted by Crippen LogP contribution is 2.48. The monoisotopic (exact) mass is 633 g/mol. The van der Waals surface area contributed by atoms with Crippen LogP contribution in [0.25, 0.3) is 10.9 Å². The number of halogens is 2. The molecule has 0 saturated heterocycles. The average molecular weight is 634 g/mol. The number of methoxy groups -OCH3 is 1. The van der Waals surface area contributed by atoms with Crippen LogP contribution in [0.15, 0.2) is 66.9 Å². The van der Waals surface area contributed by atoms with Crippen LogP contribution in [-0.4, -0.2) is 64.6 Å². The summed E-state index contributed by atoms with van der Waals surface area (Å²) in [6.45, 7) is 0.173. The van der Waals surface area contributed by atoms with Gasteiger partial charge in [0.2, 0.25) is 11.8 Å². The van der Waals surface area contributed by atoms with E-state index in [1.54, 1.807) is 42.5 Å². The Morgan fingerprint density at radius 1 is 0.955 bits per heavy atom. The SMILES string of the molecule is COc1cc2c(Oc3ccc(NC(=O)C4(C(=O)Nc5cccc(Cl)c5)CC4)cc3F)ccnc2cc1OCCCC(=O)O.[MgH2]. The summed E-state index contributed by atoms with van der Waals surface area (Å²) < 4.78 is 32.1. The molecule has 13 heteroatoms. The molecule has 0 aliphatic heterocycles. The van der Waals surface area contributed by atoms with Crippen LogP contribution in [0, 0.1) is 11.2 Å². The van der Waals surface area contributed by atoms with Gasteiger partial charge >= 0.3 is 29.0 Å². The van der Waals surface area contributed by atoms with Gasteiger partial charge in [-0.15, -0.1) is 0 Å². The van der Waals surface area contributed by atoms with Crippen LogP contribution in [0.5, 0.6) is 23.0 Å². The molecule has 5 rings (SSSR count). The number of nitrogens with one attached hydrogen (secondary N) is 2. The summed E-state index contributed by atoms with van der Waals surface area (Å²) in [6, 6.07) is 15.4. The fourth-order valence-corrected chi connectivity index (χ4v) is 4.62. The van der Waals surface area contributed by atoms with Gasteiger partial charge in [0.25, 0.3) is 0 Å². The summed E-state index contributed by atoms with van der Waals surface area (Å²) in [7, 11) is 1.46. The number of aromatic nitrogens is 1. The van der Waals surface area contributed by atoms with Crippen molar-refractivity contribution in [2.45, 2.75) is 25.7 Å². The quantitative estimate of drug-likeness (QED) is 0.105. The minimum atomic E-state index is -1.25. The van der Waals surface area contributed by atoms with Gasteiger partial charge in [0, 0.05) is 46.5 Å². The Morgan fingerprint density at radius 2 is 1.68 bits per heavy atom. The third-order valence-electron chi connectivity index (χ3n) is 6.89. The van der Waals surface area contributed by atoms with Crippen LogP contribution >= 0.6 is 11.6 Å². The maximum Gasteiger partial charge on any atom is 0.316 e. The van der Waals surface area contributed by atoms with E-state index in [1.807, 2.05) is 0 Å². The molecule has 1 saturated carbocycles. The Morgan fingerprint density at radius 3 is 2.32 bits per heavy atom. The van der Waals surface area contributed by atoms with Gasteiger partial charge in [-0.2, -0.15) is 0 Å². The predicted molar refractivity (Wildman–Crippen MR) is 166 cm³/mol. The number of carbonyl (C=O) groups is 3. The zero-order valence-corrected chi connectivity index (χ0v) is 23.7. The molecule has 0 unspecified atom stereocenters. The maximum atomic E-state index is 15.2. The lowest BCUT2D eigenvalue weighted by Gasteiger charge is -2.16. The molecule has 10 nitrogen and oxygen atoms in total. The van der Waals surface area contributed by atoms with Crippen molar-refractivity contribution < 1.29 is 38.1 Å². The van der Waals surface area contributed by atoms with Gasteiger partial charge in [-0.25, -0.2) is 4.39 Å². The number of benzene rings is 3. The second-order valence-corrected chi connectivity index (χ2v) is 10.4. The Bertz CT molecular complexity index is 1720. The van der Waals surface area contributed by atoms with Crippen LogP contribution < -0.4 is 24.8 Å². The highest BCUT2D eigenvalue weighted by molar-refractivity contribution is 6.31. The number of amides is 2. The molecular weight excluding hydrogens is 605 g/mol.